The Kier molecular flexibility index (Phi) is 9.57. The highest BCUT2D eigenvalue weighted by atomic mass is 32.2. The van der Waals surface area contributed by atoms with Gasteiger partial charge in [0.1, 0.15) is 0 Å². The summed E-state index contributed by atoms with van der Waals surface area (Å²) in [6.45, 7) is 8.63. The Balaban J connectivity index is 3.99. The van der Waals surface area contributed by atoms with Gasteiger partial charge in [-0.2, -0.15) is 0 Å². The summed E-state index contributed by atoms with van der Waals surface area (Å²) in [4.78, 5) is 0. The lowest BCUT2D eigenvalue weighted by Gasteiger charge is -2.17. The van der Waals surface area contributed by atoms with Crippen LogP contribution >= 0.6 is 0 Å². The van der Waals surface area contributed by atoms with Crippen molar-refractivity contribution >= 4 is 10.0 Å². The first-order valence-corrected chi connectivity index (χ1v) is 7.88. The van der Waals surface area contributed by atoms with Gasteiger partial charge in [0.25, 0.3) is 0 Å². The third kappa shape index (κ3) is 9.78. The minimum atomic E-state index is -3.34. The third-order valence-electron chi connectivity index (χ3n) is 1.98. The van der Waals surface area contributed by atoms with Crippen molar-refractivity contribution in [3.63, 3.8) is 0 Å². The fourth-order valence-corrected chi connectivity index (χ4v) is 2.05. The van der Waals surface area contributed by atoms with Gasteiger partial charge in [-0.25, -0.2) is 13.1 Å². The highest BCUT2D eigenvalue weighted by Crippen LogP contribution is 1.96. The van der Waals surface area contributed by atoms with Crippen molar-refractivity contribution in [2.75, 3.05) is 32.1 Å². The molecule has 0 atom stereocenters. The van der Waals surface area contributed by atoms with Crippen molar-refractivity contribution in [2.45, 2.75) is 40.1 Å². The van der Waals surface area contributed by atoms with Crippen LogP contribution in [0.1, 0.15) is 27.7 Å². The van der Waals surface area contributed by atoms with Crippen LogP contribution in [0.15, 0.2) is 0 Å². The van der Waals surface area contributed by atoms with E-state index in [0.29, 0.717) is 13.2 Å². The molecule has 0 aromatic heterocycles. The minimum absolute atomic E-state index is 0.0276. The Bertz CT molecular complexity index is 286. The molecule has 0 unspecified atom stereocenters. The van der Waals surface area contributed by atoms with Crippen LogP contribution in [0.4, 0.5) is 0 Å². The van der Waals surface area contributed by atoms with Gasteiger partial charge in [-0.1, -0.05) is 0 Å². The molecule has 0 aliphatic rings. The van der Waals surface area contributed by atoms with Crippen molar-refractivity contribution < 1.29 is 22.6 Å². The second-order valence-corrected chi connectivity index (χ2v) is 5.85. The maximum Gasteiger partial charge on any atom is 0.214 e. The molecule has 0 saturated carbocycles. The number of nitrogens with one attached hydrogen (secondary N) is 1. The van der Waals surface area contributed by atoms with Gasteiger partial charge in [0.15, 0.2) is 6.29 Å². The molecule has 0 radical (unpaired) electrons. The first-order valence-electron chi connectivity index (χ1n) is 6.23. The molecule has 0 aliphatic heterocycles. The molecule has 0 amide bonds. The lowest BCUT2D eigenvalue weighted by Crippen LogP contribution is -2.37. The molecular formula is C11H25NO5S. The lowest BCUT2D eigenvalue weighted by atomic mass is 10.5. The highest BCUT2D eigenvalue weighted by molar-refractivity contribution is 7.89. The summed E-state index contributed by atoms with van der Waals surface area (Å²) in [5.41, 5.74) is 0. The van der Waals surface area contributed by atoms with Crippen molar-refractivity contribution in [2.24, 2.45) is 0 Å². The lowest BCUT2D eigenvalue weighted by molar-refractivity contribution is -0.130. The first kappa shape index (κ1) is 17.8. The monoisotopic (exact) mass is 283 g/mol. The molecule has 0 spiro atoms. The molecule has 18 heavy (non-hydrogen) atoms. The smallest absolute Gasteiger partial charge is 0.214 e. The minimum Gasteiger partial charge on any atom is -0.378 e. The fourth-order valence-electron chi connectivity index (χ4n) is 1.20. The SMILES string of the molecule is CCOC(CNS(=O)(=O)CCOC(C)C)OCC. The van der Waals surface area contributed by atoms with E-state index < -0.39 is 16.3 Å². The number of rotatable bonds is 11. The van der Waals surface area contributed by atoms with Gasteiger partial charge in [-0.3, -0.25) is 0 Å². The molecule has 110 valence electrons. The van der Waals surface area contributed by atoms with E-state index in [0.717, 1.165) is 0 Å². The molecule has 0 fully saturated rings. The Morgan fingerprint density at radius 1 is 1.06 bits per heavy atom. The summed E-state index contributed by atoms with van der Waals surface area (Å²) in [5, 5.41) is 0. The van der Waals surface area contributed by atoms with Crippen molar-refractivity contribution in [1.82, 2.24) is 4.72 Å². The van der Waals surface area contributed by atoms with Crippen LogP contribution in [0.2, 0.25) is 0 Å². The zero-order chi connectivity index (χ0) is 14.0. The Morgan fingerprint density at radius 2 is 1.61 bits per heavy atom. The standard InChI is InChI=1S/C11H25NO5S/c1-5-15-11(16-6-2)9-12-18(13,14)8-7-17-10(3)4/h10-12H,5-9H2,1-4H3. The predicted molar refractivity (Wildman–Crippen MR) is 69.9 cm³/mol. The zero-order valence-electron chi connectivity index (χ0n) is 11.6. The third-order valence-corrected chi connectivity index (χ3v) is 3.29. The molecule has 0 rings (SSSR count). The van der Waals surface area contributed by atoms with E-state index in [1.807, 2.05) is 27.7 Å². The van der Waals surface area contributed by atoms with E-state index in [1.54, 1.807) is 0 Å². The Labute approximate surface area is 110 Å². The molecule has 0 aromatic rings. The van der Waals surface area contributed by atoms with Crippen LogP contribution in [-0.2, 0) is 24.2 Å². The molecule has 1 N–H and O–H groups in total. The first-order chi connectivity index (χ1) is 8.41. The molecule has 0 heterocycles. The largest absolute Gasteiger partial charge is 0.378 e. The van der Waals surface area contributed by atoms with Gasteiger partial charge >= 0.3 is 0 Å². The van der Waals surface area contributed by atoms with Crippen molar-refractivity contribution in [3.05, 3.63) is 0 Å². The van der Waals surface area contributed by atoms with Gasteiger partial charge in [-0.05, 0) is 27.7 Å². The second kappa shape index (κ2) is 9.69. The molecular weight excluding hydrogens is 258 g/mol. The average molecular weight is 283 g/mol. The summed E-state index contributed by atoms with van der Waals surface area (Å²) >= 11 is 0. The van der Waals surface area contributed by atoms with Gasteiger partial charge < -0.3 is 14.2 Å². The van der Waals surface area contributed by atoms with Gasteiger partial charge in [0.2, 0.25) is 10.0 Å². The van der Waals surface area contributed by atoms with Crippen LogP contribution in [0.25, 0.3) is 0 Å². The molecule has 0 aromatic carbocycles. The molecule has 0 aliphatic carbocycles. The van der Waals surface area contributed by atoms with Crippen LogP contribution in [-0.4, -0.2) is 52.9 Å². The fraction of sp³-hybridized carbons (Fsp3) is 1.00. The summed E-state index contributed by atoms with van der Waals surface area (Å²) in [6, 6.07) is 0. The maximum atomic E-state index is 11.6. The van der Waals surface area contributed by atoms with E-state index in [1.165, 1.54) is 0 Å². The number of hydrogen-bond donors (Lipinski definition) is 1. The quantitative estimate of drug-likeness (QED) is 0.566. The topological polar surface area (TPSA) is 73.9 Å². The normalized spacial score (nSPS) is 12.6. The molecule has 0 saturated heterocycles. The van der Waals surface area contributed by atoms with Crippen LogP contribution < -0.4 is 4.72 Å². The van der Waals surface area contributed by atoms with Crippen LogP contribution in [0.3, 0.4) is 0 Å². The number of ether oxygens (including phenoxy) is 3. The summed E-state index contributed by atoms with van der Waals surface area (Å²) in [7, 11) is -3.34. The highest BCUT2D eigenvalue weighted by Gasteiger charge is 2.15. The average Bonchev–Trinajstić information content (AvgIpc) is 2.26. The number of sulfonamides is 1. The summed E-state index contributed by atoms with van der Waals surface area (Å²) in [5.74, 6) is -0.0594. The Hall–Kier alpha value is -0.210. The van der Waals surface area contributed by atoms with Gasteiger partial charge in [-0.15, -0.1) is 0 Å². The van der Waals surface area contributed by atoms with Crippen molar-refractivity contribution in [1.29, 1.82) is 0 Å². The second-order valence-electron chi connectivity index (χ2n) is 3.93. The summed E-state index contributed by atoms with van der Waals surface area (Å²) in [6.07, 6.45) is -0.513. The van der Waals surface area contributed by atoms with Crippen molar-refractivity contribution in [3.8, 4) is 0 Å². The van der Waals surface area contributed by atoms with Crippen LogP contribution in [0.5, 0.6) is 0 Å². The number of hydrogen-bond acceptors (Lipinski definition) is 5. The van der Waals surface area contributed by atoms with E-state index in [2.05, 4.69) is 4.72 Å². The van der Waals surface area contributed by atoms with E-state index in [4.69, 9.17) is 14.2 Å². The maximum absolute atomic E-state index is 11.6. The Morgan fingerprint density at radius 3 is 2.06 bits per heavy atom. The molecule has 0 bridgehead atoms. The summed E-state index contributed by atoms with van der Waals surface area (Å²) < 4.78 is 41.4. The van der Waals surface area contributed by atoms with E-state index >= 15 is 0 Å². The predicted octanol–water partition coefficient (Wildman–Crippen LogP) is 0.730. The van der Waals surface area contributed by atoms with E-state index in [-0.39, 0.29) is 25.0 Å². The van der Waals surface area contributed by atoms with E-state index in [9.17, 15) is 8.42 Å². The molecule has 7 heteroatoms. The van der Waals surface area contributed by atoms with Gasteiger partial charge in [0, 0.05) is 13.2 Å². The molecule has 6 nitrogen and oxygen atoms in total. The van der Waals surface area contributed by atoms with Gasteiger partial charge in [0.05, 0.1) is 25.0 Å². The van der Waals surface area contributed by atoms with Crippen LogP contribution in [0, 0.1) is 0 Å². The zero-order valence-corrected chi connectivity index (χ0v) is 12.5.